The van der Waals surface area contributed by atoms with Crippen molar-refractivity contribution in [1.29, 1.82) is 0 Å². The number of fused-ring (bicyclic) bond motifs is 6. The number of hydrogen-bond donors (Lipinski definition) is 0. The van der Waals surface area contributed by atoms with Crippen LogP contribution < -0.4 is 11.3 Å². The summed E-state index contributed by atoms with van der Waals surface area (Å²) in [5.41, 5.74) is 4.33. The van der Waals surface area contributed by atoms with Gasteiger partial charge in [0.05, 0.1) is 11.1 Å². The second-order valence-corrected chi connectivity index (χ2v) is 9.76. The second kappa shape index (κ2) is 8.25. The lowest BCUT2D eigenvalue weighted by molar-refractivity contribution is 0.564. The van der Waals surface area contributed by atoms with Crippen LogP contribution in [-0.4, -0.2) is 4.98 Å². The maximum Gasteiger partial charge on any atom is 0.344 e. The summed E-state index contributed by atoms with van der Waals surface area (Å²) in [5.74, 6) is 0. The van der Waals surface area contributed by atoms with Gasteiger partial charge in [-0.3, -0.25) is 4.98 Å². The van der Waals surface area contributed by atoms with E-state index in [2.05, 4.69) is 17.1 Å². The molecule has 0 amide bonds. The van der Waals surface area contributed by atoms with Gasteiger partial charge in [0.15, 0.2) is 0 Å². The van der Waals surface area contributed by atoms with Crippen LogP contribution in [0.1, 0.15) is 11.1 Å². The van der Waals surface area contributed by atoms with Crippen LogP contribution in [0.25, 0.3) is 65.7 Å². The lowest BCUT2D eigenvalue weighted by Crippen LogP contribution is -2.05. The highest BCUT2D eigenvalue weighted by Crippen LogP contribution is 2.31. The van der Waals surface area contributed by atoms with E-state index in [0.29, 0.717) is 33.4 Å². The highest BCUT2D eigenvalue weighted by Gasteiger charge is 2.15. The predicted octanol–water partition coefficient (Wildman–Crippen LogP) is 7.55. The smallest absolute Gasteiger partial charge is 0.344 e. The maximum absolute atomic E-state index is 13.0. The fraction of sp³-hybridized carbons (Fsp3) is 0.0606. The van der Waals surface area contributed by atoms with E-state index in [1.54, 1.807) is 18.5 Å². The molecule has 0 saturated carbocycles. The average molecular weight is 496 g/mol. The van der Waals surface area contributed by atoms with Crippen molar-refractivity contribution >= 4 is 43.5 Å². The summed E-state index contributed by atoms with van der Waals surface area (Å²) in [6, 6.07) is 25.4. The van der Waals surface area contributed by atoms with E-state index in [1.165, 1.54) is 0 Å². The molecule has 0 fully saturated rings. The topological polar surface area (TPSA) is 73.3 Å². The van der Waals surface area contributed by atoms with E-state index in [4.69, 9.17) is 8.83 Å². The van der Waals surface area contributed by atoms with Gasteiger partial charge in [0, 0.05) is 34.3 Å². The predicted molar refractivity (Wildman–Crippen MR) is 152 cm³/mol. The molecule has 0 bridgehead atoms. The minimum absolute atomic E-state index is 0.381. The third-order valence-electron chi connectivity index (χ3n) is 7.14. The monoisotopic (exact) mass is 495 g/mol. The first-order valence-corrected chi connectivity index (χ1v) is 12.3. The Hall–Kier alpha value is -5.03. The molecule has 0 N–H and O–H groups in total. The number of benzene rings is 4. The van der Waals surface area contributed by atoms with E-state index in [9.17, 15) is 9.59 Å². The van der Waals surface area contributed by atoms with Crippen molar-refractivity contribution in [3.05, 3.63) is 123 Å². The molecule has 0 radical (unpaired) electrons. The Morgan fingerprint density at radius 2 is 1.00 bits per heavy atom. The van der Waals surface area contributed by atoms with Crippen molar-refractivity contribution in [2.45, 2.75) is 13.8 Å². The molecule has 0 aliphatic rings. The zero-order chi connectivity index (χ0) is 26.0. The lowest BCUT2D eigenvalue weighted by atomic mass is 9.99. The molecule has 0 spiro atoms. The van der Waals surface area contributed by atoms with Gasteiger partial charge in [-0.15, -0.1) is 0 Å². The highest BCUT2D eigenvalue weighted by atomic mass is 16.4. The molecule has 5 heteroatoms. The first kappa shape index (κ1) is 22.2. The molecule has 0 aliphatic carbocycles. The summed E-state index contributed by atoms with van der Waals surface area (Å²) in [6.45, 7) is 4.09. The SMILES string of the molecule is Cc1ccc2c(ccc3oc(=O)c(-c4cncc(-c5cc6c(ccc7cc(C)ccc76)oc5=O)c4)cc32)c1. The van der Waals surface area contributed by atoms with Crippen molar-refractivity contribution in [2.75, 3.05) is 0 Å². The first-order chi connectivity index (χ1) is 18.4. The number of nitrogens with zero attached hydrogens (tertiary/aromatic N) is 1. The molecule has 0 atom stereocenters. The van der Waals surface area contributed by atoms with Gasteiger partial charge in [0.2, 0.25) is 0 Å². The van der Waals surface area contributed by atoms with E-state index >= 15 is 0 Å². The summed E-state index contributed by atoms with van der Waals surface area (Å²) in [5, 5.41) is 5.82. The number of pyridine rings is 1. The standard InChI is InChI=1S/C33H21NO4/c1-18-3-7-24-20(11-18)5-9-30-28(24)14-26(32(35)37-30)22-13-23(17-34-16-22)27-15-29-25-8-4-19(2)12-21(25)6-10-31(29)38-33(27)36/h3-17H,1-2H3. The molecule has 7 aromatic rings. The van der Waals surface area contributed by atoms with Crippen LogP contribution in [0.15, 0.2) is 110 Å². The number of aryl methyl sites for hydroxylation is 2. The van der Waals surface area contributed by atoms with Crippen LogP contribution in [0.3, 0.4) is 0 Å². The van der Waals surface area contributed by atoms with Crippen LogP contribution in [0.4, 0.5) is 0 Å². The Bertz CT molecular complexity index is 2050. The Balaban J connectivity index is 1.42. The highest BCUT2D eigenvalue weighted by molar-refractivity contribution is 6.07. The molecule has 38 heavy (non-hydrogen) atoms. The molecule has 0 unspecified atom stereocenters. The summed E-state index contributed by atoms with van der Waals surface area (Å²) in [6.07, 6.45) is 3.22. The van der Waals surface area contributed by atoms with Crippen molar-refractivity contribution in [3.8, 4) is 22.3 Å². The van der Waals surface area contributed by atoms with Gasteiger partial charge in [0.25, 0.3) is 0 Å². The van der Waals surface area contributed by atoms with Crippen molar-refractivity contribution in [3.63, 3.8) is 0 Å². The third kappa shape index (κ3) is 3.51. The van der Waals surface area contributed by atoms with Crippen LogP contribution in [0.5, 0.6) is 0 Å². The molecule has 3 aromatic heterocycles. The van der Waals surface area contributed by atoms with Gasteiger partial charge in [-0.25, -0.2) is 9.59 Å². The van der Waals surface area contributed by atoms with E-state index < -0.39 is 11.3 Å². The Morgan fingerprint density at radius 1 is 0.526 bits per heavy atom. The third-order valence-corrected chi connectivity index (χ3v) is 7.14. The number of rotatable bonds is 2. The molecular formula is C33H21NO4. The number of aromatic nitrogens is 1. The summed E-state index contributed by atoms with van der Waals surface area (Å²) >= 11 is 0. The van der Waals surface area contributed by atoms with Crippen LogP contribution >= 0.6 is 0 Å². The van der Waals surface area contributed by atoms with E-state index in [1.807, 2.05) is 74.5 Å². The van der Waals surface area contributed by atoms with Crippen molar-refractivity contribution in [1.82, 2.24) is 4.98 Å². The summed E-state index contributed by atoms with van der Waals surface area (Å²) < 4.78 is 11.4. The van der Waals surface area contributed by atoms with Gasteiger partial charge in [0.1, 0.15) is 11.2 Å². The zero-order valence-electron chi connectivity index (χ0n) is 20.7. The Morgan fingerprint density at radius 3 is 1.47 bits per heavy atom. The first-order valence-electron chi connectivity index (χ1n) is 12.3. The van der Waals surface area contributed by atoms with Crippen LogP contribution in [-0.2, 0) is 0 Å². The Labute approximate surface area is 216 Å². The largest absolute Gasteiger partial charge is 0.422 e. The minimum atomic E-state index is -0.463. The molecule has 3 heterocycles. The molecule has 4 aromatic carbocycles. The summed E-state index contributed by atoms with van der Waals surface area (Å²) in [7, 11) is 0. The quantitative estimate of drug-likeness (QED) is 0.183. The zero-order valence-corrected chi connectivity index (χ0v) is 20.7. The van der Waals surface area contributed by atoms with E-state index in [-0.39, 0.29) is 0 Å². The van der Waals surface area contributed by atoms with Gasteiger partial charge < -0.3 is 8.83 Å². The Kier molecular flexibility index (Phi) is 4.82. The molecule has 5 nitrogen and oxygen atoms in total. The van der Waals surface area contributed by atoms with Crippen LogP contribution in [0, 0.1) is 13.8 Å². The normalized spacial score (nSPS) is 11.6. The van der Waals surface area contributed by atoms with Gasteiger partial charge >= 0.3 is 11.3 Å². The molecule has 0 saturated heterocycles. The van der Waals surface area contributed by atoms with Gasteiger partial charge in [-0.05, 0) is 65.7 Å². The fourth-order valence-electron chi connectivity index (χ4n) is 5.24. The molecule has 7 rings (SSSR count). The van der Waals surface area contributed by atoms with E-state index in [0.717, 1.165) is 43.4 Å². The molecular weight excluding hydrogens is 474 g/mol. The minimum Gasteiger partial charge on any atom is -0.422 e. The number of hydrogen-bond acceptors (Lipinski definition) is 5. The fourth-order valence-corrected chi connectivity index (χ4v) is 5.24. The maximum atomic E-state index is 13.0. The van der Waals surface area contributed by atoms with Crippen LogP contribution in [0.2, 0.25) is 0 Å². The lowest BCUT2D eigenvalue weighted by Gasteiger charge is -2.09. The van der Waals surface area contributed by atoms with Gasteiger partial charge in [-0.1, -0.05) is 59.7 Å². The molecule has 182 valence electrons. The van der Waals surface area contributed by atoms with Crippen molar-refractivity contribution in [2.24, 2.45) is 0 Å². The molecule has 0 aliphatic heterocycles. The summed E-state index contributed by atoms with van der Waals surface area (Å²) in [4.78, 5) is 30.4. The second-order valence-electron chi connectivity index (χ2n) is 9.76. The van der Waals surface area contributed by atoms with Gasteiger partial charge in [-0.2, -0.15) is 0 Å². The average Bonchev–Trinajstić information content (AvgIpc) is 2.92. The van der Waals surface area contributed by atoms with Crippen molar-refractivity contribution < 1.29 is 8.83 Å².